The predicted octanol–water partition coefficient (Wildman–Crippen LogP) is 6.86. The Morgan fingerprint density at radius 3 is 1.58 bits per heavy atom. The van der Waals surface area contributed by atoms with E-state index in [4.69, 9.17) is 0 Å². The Balaban J connectivity index is 1.81. The van der Waals surface area contributed by atoms with Gasteiger partial charge in [0, 0.05) is 0 Å². The van der Waals surface area contributed by atoms with Gasteiger partial charge < -0.3 is 0 Å². The van der Waals surface area contributed by atoms with Crippen molar-refractivity contribution in [2.24, 2.45) is 0 Å². The van der Waals surface area contributed by atoms with Gasteiger partial charge in [-0.1, -0.05) is 82.7 Å². The Morgan fingerprint density at radius 1 is 0.625 bits per heavy atom. The van der Waals surface area contributed by atoms with Crippen LogP contribution in [0.15, 0.2) is 78.9 Å². The molecule has 0 radical (unpaired) electrons. The minimum atomic E-state index is -4.31. The molecule has 1 unspecified atom stereocenters. The maximum Gasteiger partial charge on any atom is 0.416 e. The highest BCUT2D eigenvalue weighted by molar-refractivity contribution is 9.09. The average Bonchev–Trinajstić information content (AvgIpc) is 2.61. The van der Waals surface area contributed by atoms with E-state index in [9.17, 15) is 13.2 Å². The summed E-state index contributed by atoms with van der Waals surface area (Å²) in [6.45, 7) is 0. The van der Waals surface area contributed by atoms with E-state index in [0.29, 0.717) is 0 Å². The van der Waals surface area contributed by atoms with E-state index in [2.05, 4.69) is 15.9 Å². The van der Waals surface area contributed by atoms with Gasteiger partial charge in [0.1, 0.15) is 0 Å². The lowest BCUT2D eigenvalue weighted by Crippen LogP contribution is -2.04. The van der Waals surface area contributed by atoms with Crippen LogP contribution in [-0.4, -0.2) is 0 Å². The Labute approximate surface area is 147 Å². The molecule has 3 aromatic carbocycles. The minimum absolute atomic E-state index is 0.149. The van der Waals surface area contributed by atoms with Crippen LogP contribution in [0, 0.1) is 0 Å². The third kappa shape index (κ3) is 3.70. The molecule has 0 saturated heterocycles. The number of hydrogen-bond donors (Lipinski definition) is 0. The third-order valence-corrected chi connectivity index (χ3v) is 4.90. The van der Waals surface area contributed by atoms with Gasteiger partial charge in [-0.15, -0.1) is 0 Å². The fraction of sp³-hybridized carbons (Fsp3) is 0.100. The Kier molecular flexibility index (Phi) is 4.76. The molecule has 0 spiro atoms. The average molecular weight is 391 g/mol. The van der Waals surface area contributed by atoms with Crippen LogP contribution in [0.25, 0.3) is 11.1 Å². The van der Waals surface area contributed by atoms with Crippen molar-refractivity contribution in [3.05, 3.63) is 95.6 Å². The molecule has 0 amide bonds. The van der Waals surface area contributed by atoms with Gasteiger partial charge in [-0.25, -0.2) is 0 Å². The summed E-state index contributed by atoms with van der Waals surface area (Å²) in [6.07, 6.45) is -4.31. The van der Waals surface area contributed by atoms with Gasteiger partial charge in [-0.3, -0.25) is 0 Å². The van der Waals surface area contributed by atoms with Crippen LogP contribution >= 0.6 is 15.9 Å². The fourth-order valence-electron chi connectivity index (χ4n) is 2.51. The van der Waals surface area contributed by atoms with Gasteiger partial charge in [0.25, 0.3) is 0 Å². The molecule has 4 heteroatoms. The quantitative estimate of drug-likeness (QED) is 0.428. The van der Waals surface area contributed by atoms with Gasteiger partial charge in [-0.2, -0.15) is 13.2 Å². The van der Waals surface area contributed by atoms with E-state index in [0.717, 1.165) is 34.4 Å². The molecule has 0 saturated carbocycles. The third-order valence-electron chi connectivity index (χ3n) is 3.84. The highest BCUT2D eigenvalue weighted by Gasteiger charge is 2.30. The van der Waals surface area contributed by atoms with Crippen LogP contribution in [0.3, 0.4) is 0 Å². The molecular formula is C20H14BrF3. The maximum atomic E-state index is 12.6. The fourth-order valence-corrected chi connectivity index (χ4v) is 3.12. The van der Waals surface area contributed by atoms with Gasteiger partial charge >= 0.3 is 6.18 Å². The minimum Gasteiger partial charge on any atom is -0.166 e. The molecule has 0 N–H and O–H groups in total. The molecule has 0 fully saturated rings. The van der Waals surface area contributed by atoms with Crippen LogP contribution in [0.1, 0.15) is 21.5 Å². The summed E-state index contributed by atoms with van der Waals surface area (Å²) < 4.78 is 37.9. The summed E-state index contributed by atoms with van der Waals surface area (Å²) in [5.41, 5.74) is 3.38. The van der Waals surface area contributed by atoms with Gasteiger partial charge in [0.05, 0.1) is 10.4 Å². The summed E-state index contributed by atoms with van der Waals surface area (Å²) in [5.74, 6) is 0. The monoisotopic (exact) mass is 390 g/mol. The van der Waals surface area contributed by atoms with Crippen molar-refractivity contribution in [2.45, 2.75) is 11.0 Å². The molecule has 0 heterocycles. The summed E-state index contributed by atoms with van der Waals surface area (Å²) in [4.78, 5) is -0.149. The molecule has 122 valence electrons. The zero-order valence-electron chi connectivity index (χ0n) is 12.6. The molecule has 3 aromatic rings. The number of halogens is 4. The van der Waals surface area contributed by atoms with E-state index in [-0.39, 0.29) is 4.83 Å². The lowest BCUT2D eigenvalue weighted by Gasteiger charge is -2.13. The van der Waals surface area contributed by atoms with Crippen LogP contribution in [-0.2, 0) is 6.18 Å². The van der Waals surface area contributed by atoms with Crippen LogP contribution in [0.5, 0.6) is 0 Å². The molecule has 3 rings (SSSR count). The highest BCUT2D eigenvalue weighted by atomic mass is 79.9. The number of rotatable bonds is 3. The number of alkyl halides is 4. The van der Waals surface area contributed by atoms with E-state index in [1.165, 1.54) is 12.1 Å². The Hall–Kier alpha value is -2.07. The Bertz CT molecular complexity index is 791. The topological polar surface area (TPSA) is 0 Å². The molecule has 24 heavy (non-hydrogen) atoms. The van der Waals surface area contributed by atoms with Gasteiger partial charge in [-0.05, 0) is 34.4 Å². The first-order valence-corrected chi connectivity index (χ1v) is 8.33. The molecule has 0 aromatic heterocycles. The summed E-state index contributed by atoms with van der Waals surface area (Å²) in [7, 11) is 0. The van der Waals surface area contributed by atoms with Crippen molar-refractivity contribution in [1.29, 1.82) is 0 Å². The molecule has 0 nitrogen and oxygen atoms in total. The van der Waals surface area contributed by atoms with Crippen molar-refractivity contribution in [3.8, 4) is 11.1 Å². The van der Waals surface area contributed by atoms with Crippen LogP contribution in [0.4, 0.5) is 13.2 Å². The summed E-state index contributed by atoms with van der Waals surface area (Å²) >= 11 is 3.57. The lowest BCUT2D eigenvalue weighted by molar-refractivity contribution is -0.137. The van der Waals surface area contributed by atoms with E-state index in [1.807, 2.05) is 54.6 Å². The molecule has 0 aliphatic heterocycles. The highest BCUT2D eigenvalue weighted by Crippen LogP contribution is 2.35. The maximum absolute atomic E-state index is 12.6. The standard InChI is InChI=1S/C20H14BrF3/c21-19(17-10-12-18(13-11-17)20(22,23)24)16-8-6-15(7-9-16)14-4-2-1-3-5-14/h1-13,19H. The first kappa shape index (κ1) is 16.8. The van der Waals surface area contributed by atoms with E-state index < -0.39 is 11.7 Å². The molecule has 1 atom stereocenters. The van der Waals surface area contributed by atoms with Crippen molar-refractivity contribution in [3.63, 3.8) is 0 Å². The molecule has 0 aliphatic rings. The second-order valence-corrected chi connectivity index (χ2v) is 6.39. The van der Waals surface area contributed by atoms with Crippen LogP contribution in [0.2, 0.25) is 0 Å². The van der Waals surface area contributed by atoms with Crippen LogP contribution < -0.4 is 0 Å². The van der Waals surface area contributed by atoms with E-state index in [1.54, 1.807) is 0 Å². The van der Waals surface area contributed by atoms with Crippen molar-refractivity contribution in [1.82, 2.24) is 0 Å². The van der Waals surface area contributed by atoms with Gasteiger partial charge in [0.15, 0.2) is 0 Å². The predicted molar refractivity (Wildman–Crippen MR) is 94.1 cm³/mol. The van der Waals surface area contributed by atoms with Crippen molar-refractivity contribution in [2.75, 3.05) is 0 Å². The summed E-state index contributed by atoms with van der Waals surface area (Å²) in [5, 5.41) is 0. The second kappa shape index (κ2) is 6.81. The number of hydrogen-bond acceptors (Lipinski definition) is 0. The molecular weight excluding hydrogens is 377 g/mol. The largest absolute Gasteiger partial charge is 0.416 e. The normalized spacial score (nSPS) is 12.8. The van der Waals surface area contributed by atoms with Crippen molar-refractivity contribution >= 4 is 15.9 Å². The summed E-state index contributed by atoms with van der Waals surface area (Å²) in [6, 6.07) is 23.3. The van der Waals surface area contributed by atoms with Gasteiger partial charge in [0.2, 0.25) is 0 Å². The zero-order valence-corrected chi connectivity index (χ0v) is 14.2. The zero-order chi connectivity index (χ0) is 17.2. The molecule has 0 bridgehead atoms. The van der Waals surface area contributed by atoms with Crippen molar-refractivity contribution < 1.29 is 13.2 Å². The first-order valence-electron chi connectivity index (χ1n) is 7.42. The smallest absolute Gasteiger partial charge is 0.166 e. The SMILES string of the molecule is FC(F)(F)c1ccc(C(Br)c2ccc(-c3ccccc3)cc2)cc1. The van der Waals surface area contributed by atoms with E-state index >= 15 is 0 Å². The molecule has 0 aliphatic carbocycles. The number of benzene rings is 3. The lowest BCUT2D eigenvalue weighted by atomic mass is 9.99. The second-order valence-electron chi connectivity index (χ2n) is 5.47. The first-order chi connectivity index (χ1) is 11.4. The Morgan fingerprint density at radius 2 is 1.08 bits per heavy atom.